The number of carbonyl (C=O) groups excluding carboxylic acids is 3. The molecule has 0 bridgehead atoms. The quantitative estimate of drug-likeness (QED) is 0.659. The monoisotopic (exact) mass is 476 g/mol. The van der Waals surface area contributed by atoms with Gasteiger partial charge in [0.15, 0.2) is 0 Å². The number of amides is 2. The zero-order chi connectivity index (χ0) is 24.6. The molecule has 1 aromatic heterocycles. The Hall–Kier alpha value is -3.34. The summed E-state index contributed by atoms with van der Waals surface area (Å²) in [6, 6.07) is 8.19. The van der Waals surface area contributed by atoms with Crippen molar-refractivity contribution in [3.8, 4) is 11.8 Å². The van der Waals surface area contributed by atoms with Crippen LogP contribution in [0.1, 0.15) is 68.3 Å². The maximum Gasteiger partial charge on any atom is 0.271 e. The minimum atomic E-state index is -0.734. The Balaban J connectivity index is 1.35. The molecule has 1 aliphatic heterocycles. The average Bonchev–Trinajstić information content (AvgIpc) is 3.47. The van der Waals surface area contributed by atoms with Crippen LogP contribution in [0.2, 0.25) is 0 Å². The topological polar surface area (TPSA) is 115 Å². The van der Waals surface area contributed by atoms with Crippen molar-refractivity contribution < 1.29 is 19.1 Å². The van der Waals surface area contributed by atoms with Gasteiger partial charge in [-0.15, -0.1) is 0 Å². The number of rotatable bonds is 6. The number of ether oxygens (including phenoxy) is 1. The van der Waals surface area contributed by atoms with E-state index in [2.05, 4.69) is 16.4 Å². The standard InChI is InChI=1S/C27H32N4O4/c1-35-24-9-4-7-20-19(24)13-21(30-20)26(34)31-16-27(10-5-11-27)14-22(31)25(33)29-18(15-28)12-17-6-2-3-8-23(17)32/h4,7,9,13,17-18,22,30H,2-3,5-6,8,10-12,14,16H2,1H3,(H,29,33)/t17-,18-,22?/m0/s1. The van der Waals surface area contributed by atoms with Crippen molar-refractivity contribution in [3.63, 3.8) is 0 Å². The second-order valence-corrected chi connectivity index (χ2v) is 10.4. The third-order valence-corrected chi connectivity index (χ3v) is 8.23. The van der Waals surface area contributed by atoms with Gasteiger partial charge >= 0.3 is 0 Å². The maximum absolute atomic E-state index is 13.6. The highest BCUT2D eigenvalue weighted by molar-refractivity contribution is 6.02. The van der Waals surface area contributed by atoms with Crippen molar-refractivity contribution in [3.05, 3.63) is 30.0 Å². The number of fused-ring (bicyclic) bond motifs is 1. The molecule has 1 spiro atoms. The number of methoxy groups -OCH3 is 1. The molecule has 2 N–H and O–H groups in total. The number of nitrogens with one attached hydrogen (secondary N) is 2. The first-order valence-corrected chi connectivity index (χ1v) is 12.6. The molecule has 1 saturated heterocycles. The van der Waals surface area contributed by atoms with Gasteiger partial charge in [0.1, 0.15) is 29.3 Å². The highest BCUT2D eigenvalue weighted by Gasteiger charge is 2.52. The predicted octanol–water partition coefficient (Wildman–Crippen LogP) is 3.72. The van der Waals surface area contributed by atoms with Crippen LogP contribution in [0.25, 0.3) is 10.9 Å². The Bertz CT molecular complexity index is 1190. The number of aromatic amines is 1. The summed E-state index contributed by atoms with van der Waals surface area (Å²) in [4.78, 5) is 44.2. The van der Waals surface area contributed by atoms with Gasteiger partial charge in [-0.3, -0.25) is 14.4 Å². The summed E-state index contributed by atoms with van der Waals surface area (Å²) in [6.45, 7) is 0.536. The molecule has 2 aromatic rings. The molecule has 2 amide bonds. The van der Waals surface area contributed by atoms with Crippen molar-refractivity contribution in [1.82, 2.24) is 15.2 Å². The van der Waals surface area contributed by atoms with Crippen LogP contribution in [0.4, 0.5) is 0 Å². The molecule has 0 radical (unpaired) electrons. The molecule has 8 heteroatoms. The number of aromatic nitrogens is 1. The molecule has 35 heavy (non-hydrogen) atoms. The van der Waals surface area contributed by atoms with Crippen molar-refractivity contribution >= 4 is 28.5 Å². The summed E-state index contributed by atoms with van der Waals surface area (Å²) < 4.78 is 5.43. The van der Waals surface area contributed by atoms with Crippen molar-refractivity contribution in [2.75, 3.05) is 13.7 Å². The molecule has 2 saturated carbocycles. The highest BCUT2D eigenvalue weighted by atomic mass is 16.5. The van der Waals surface area contributed by atoms with Crippen LogP contribution in [0.5, 0.6) is 5.75 Å². The second-order valence-electron chi connectivity index (χ2n) is 10.4. The van der Waals surface area contributed by atoms with E-state index in [4.69, 9.17) is 4.74 Å². The Labute approximate surface area is 205 Å². The van der Waals surface area contributed by atoms with Gasteiger partial charge in [0.2, 0.25) is 5.91 Å². The van der Waals surface area contributed by atoms with E-state index >= 15 is 0 Å². The van der Waals surface area contributed by atoms with E-state index in [1.807, 2.05) is 18.2 Å². The minimum absolute atomic E-state index is 0.0250. The van der Waals surface area contributed by atoms with E-state index in [0.29, 0.717) is 37.3 Å². The predicted molar refractivity (Wildman–Crippen MR) is 130 cm³/mol. The Morgan fingerprint density at radius 2 is 2.14 bits per heavy atom. The average molecular weight is 477 g/mol. The Kier molecular flexibility index (Phi) is 6.26. The van der Waals surface area contributed by atoms with E-state index in [9.17, 15) is 19.6 Å². The van der Waals surface area contributed by atoms with Crippen molar-refractivity contribution in [2.45, 2.75) is 69.9 Å². The summed E-state index contributed by atoms with van der Waals surface area (Å²) in [7, 11) is 1.59. The molecule has 3 atom stereocenters. The van der Waals surface area contributed by atoms with Gasteiger partial charge in [-0.25, -0.2) is 0 Å². The molecular formula is C27H32N4O4. The first-order chi connectivity index (χ1) is 16.9. The smallest absolute Gasteiger partial charge is 0.271 e. The lowest BCUT2D eigenvalue weighted by Crippen LogP contribution is -2.49. The van der Waals surface area contributed by atoms with Gasteiger partial charge in [-0.1, -0.05) is 18.9 Å². The number of nitriles is 1. The highest BCUT2D eigenvalue weighted by Crippen LogP contribution is 2.50. The molecule has 3 fully saturated rings. The van der Waals surface area contributed by atoms with E-state index < -0.39 is 12.1 Å². The molecule has 8 nitrogen and oxygen atoms in total. The lowest BCUT2D eigenvalue weighted by atomic mass is 9.67. The van der Waals surface area contributed by atoms with Crippen LogP contribution in [0, 0.1) is 22.7 Å². The zero-order valence-electron chi connectivity index (χ0n) is 20.1. The first-order valence-electron chi connectivity index (χ1n) is 12.6. The molecular weight excluding hydrogens is 444 g/mol. The van der Waals surface area contributed by atoms with Crippen LogP contribution in [-0.2, 0) is 9.59 Å². The minimum Gasteiger partial charge on any atom is -0.496 e. The van der Waals surface area contributed by atoms with Gasteiger partial charge < -0.3 is 19.9 Å². The van der Waals surface area contributed by atoms with Crippen LogP contribution < -0.4 is 10.1 Å². The molecule has 1 aromatic carbocycles. The maximum atomic E-state index is 13.6. The van der Waals surface area contributed by atoms with Gasteiger partial charge in [0.25, 0.3) is 5.91 Å². The molecule has 3 aliphatic rings. The summed E-state index contributed by atoms with van der Waals surface area (Å²) in [6.07, 6.45) is 7.25. The van der Waals surface area contributed by atoms with Gasteiger partial charge in [0, 0.05) is 29.8 Å². The number of benzene rings is 1. The largest absolute Gasteiger partial charge is 0.496 e. The van der Waals surface area contributed by atoms with E-state index in [1.165, 1.54) is 0 Å². The lowest BCUT2D eigenvalue weighted by Gasteiger charge is -2.37. The molecule has 1 unspecified atom stereocenters. The Morgan fingerprint density at radius 1 is 1.31 bits per heavy atom. The fraction of sp³-hybridized carbons (Fsp3) is 0.556. The van der Waals surface area contributed by atoms with Crippen LogP contribution in [0.3, 0.4) is 0 Å². The molecule has 5 rings (SSSR count). The molecule has 2 aliphatic carbocycles. The van der Waals surface area contributed by atoms with Crippen molar-refractivity contribution in [1.29, 1.82) is 5.26 Å². The van der Waals surface area contributed by atoms with Crippen molar-refractivity contribution in [2.24, 2.45) is 11.3 Å². The fourth-order valence-corrected chi connectivity index (χ4v) is 6.12. The number of carbonyl (C=O) groups is 3. The van der Waals surface area contributed by atoms with Gasteiger partial charge in [-0.2, -0.15) is 5.26 Å². The van der Waals surface area contributed by atoms with E-state index in [1.54, 1.807) is 18.1 Å². The third-order valence-electron chi connectivity index (χ3n) is 8.23. The third kappa shape index (κ3) is 4.40. The number of hydrogen-bond donors (Lipinski definition) is 2. The van der Waals surface area contributed by atoms with Crippen LogP contribution >= 0.6 is 0 Å². The first kappa shape index (κ1) is 23.4. The number of Topliss-reactive ketones (excluding diaryl/α,β-unsaturated/α-hetero) is 1. The zero-order valence-corrected chi connectivity index (χ0v) is 20.1. The number of ketones is 1. The summed E-state index contributed by atoms with van der Waals surface area (Å²) >= 11 is 0. The lowest BCUT2D eigenvalue weighted by molar-refractivity contribution is -0.127. The Morgan fingerprint density at radius 3 is 2.83 bits per heavy atom. The molecule has 184 valence electrons. The SMILES string of the molecule is COc1cccc2[nH]c(C(=O)N3CC4(CCC4)CC3C(=O)N[C@H](C#N)C[C@@H]3CCCCC3=O)cc12. The number of likely N-dealkylation sites (tertiary alicyclic amines) is 1. The number of H-pyrrole nitrogens is 1. The number of nitrogens with zero attached hydrogens (tertiary/aromatic N) is 2. The fourth-order valence-electron chi connectivity index (χ4n) is 6.12. The van der Waals surface area contributed by atoms with Gasteiger partial charge in [-0.05, 0) is 62.1 Å². The summed E-state index contributed by atoms with van der Waals surface area (Å²) in [5.41, 5.74) is 1.19. The van der Waals surface area contributed by atoms with E-state index in [0.717, 1.165) is 49.4 Å². The normalized spacial score (nSPS) is 24.1. The van der Waals surface area contributed by atoms with Crippen LogP contribution in [-0.4, -0.2) is 53.2 Å². The molecule has 2 heterocycles. The summed E-state index contributed by atoms with van der Waals surface area (Å²) in [5, 5.41) is 13.4. The van der Waals surface area contributed by atoms with Crippen LogP contribution in [0.15, 0.2) is 24.3 Å². The van der Waals surface area contributed by atoms with Gasteiger partial charge in [0.05, 0.1) is 13.2 Å². The summed E-state index contributed by atoms with van der Waals surface area (Å²) in [5.74, 6) is 0.173. The second kappa shape index (κ2) is 9.37. The number of hydrogen-bond acceptors (Lipinski definition) is 5. The van der Waals surface area contributed by atoms with E-state index in [-0.39, 0.29) is 28.9 Å².